The molecule has 0 saturated heterocycles. The van der Waals surface area contributed by atoms with Gasteiger partial charge < -0.3 is 10.2 Å². The number of anilines is 1. The zero-order chi connectivity index (χ0) is 18.2. The fourth-order valence-electron chi connectivity index (χ4n) is 2.26. The Hall–Kier alpha value is -2.34. The van der Waals surface area contributed by atoms with Crippen molar-refractivity contribution in [1.29, 1.82) is 0 Å². The van der Waals surface area contributed by atoms with Gasteiger partial charge in [0.15, 0.2) is 0 Å². The summed E-state index contributed by atoms with van der Waals surface area (Å²) in [5.74, 6) is -0.757. The molecule has 4 nitrogen and oxygen atoms in total. The van der Waals surface area contributed by atoms with Crippen molar-refractivity contribution in [3.63, 3.8) is 0 Å². The lowest BCUT2D eigenvalue weighted by molar-refractivity contribution is -0.131. The minimum absolute atomic E-state index is 0.0469. The molecule has 0 bridgehead atoms. The highest BCUT2D eigenvalue weighted by atomic mass is 32.2. The molecule has 2 aromatic carbocycles. The van der Waals surface area contributed by atoms with Gasteiger partial charge in [-0.1, -0.05) is 37.3 Å². The van der Waals surface area contributed by atoms with E-state index in [1.54, 1.807) is 25.2 Å². The first-order chi connectivity index (χ1) is 12.0. The molecule has 0 aliphatic rings. The zero-order valence-corrected chi connectivity index (χ0v) is 15.1. The quantitative estimate of drug-likeness (QED) is 0.768. The Labute approximate surface area is 151 Å². The van der Waals surface area contributed by atoms with Crippen molar-refractivity contribution in [2.75, 3.05) is 24.7 Å². The molecular formula is C19H21FN2O2S. The summed E-state index contributed by atoms with van der Waals surface area (Å²) in [4.78, 5) is 26.1. The molecule has 0 fully saturated rings. The normalized spacial score (nSPS) is 10.4. The highest BCUT2D eigenvalue weighted by Gasteiger charge is 2.15. The molecule has 0 radical (unpaired) electrons. The first kappa shape index (κ1) is 19.0. The SMILES string of the molecule is CCc1ccccc1NC(=O)CN(C)C(=O)CSc1ccccc1F. The van der Waals surface area contributed by atoms with Gasteiger partial charge in [0.05, 0.1) is 12.3 Å². The molecular weight excluding hydrogens is 339 g/mol. The number of thioether (sulfide) groups is 1. The number of carbonyl (C=O) groups excluding carboxylic acids is 2. The van der Waals surface area contributed by atoms with Crippen LogP contribution in [0.15, 0.2) is 53.4 Å². The maximum absolute atomic E-state index is 13.6. The molecule has 25 heavy (non-hydrogen) atoms. The van der Waals surface area contributed by atoms with E-state index in [0.29, 0.717) is 4.90 Å². The molecule has 0 aliphatic carbocycles. The van der Waals surface area contributed by atoms with Crippen LogP contribution < -0.4 is 5.32 Å². The van der Waals surface area contributed by atoms with Crippen LogP contribution in [-0.2, 0) is 16.0 Å². The number of nitrogens with one attached hydrogen (secondary N) is 1. The Kier molecular flexibility index (Phi) is 7.01. The fraction of sp³-hybridized carbons (Fsp3) is 0.263. The fourth-order valence-corrected chi connectivity index (χ4v) is 3.14. The summed E-state index contributed by atoms with van der Waals surface area (Å²) in [6, 6.07) is 13.9. The van der Waals surface area contributed by atoms with E-state index >= 15 is 0 Å². The maximum atomic E-state index is 13.6. The van der Waals surface area contributed by atoms with E-state index in [0.717, 1.165) is 29.4 Å². The van der Waals surface area contributed by atoms with Gasteiger partial charge in [0.2, 0.25) is 11.8 Å². The molecule has 0 unspecified atom stereocenters. The van der Waals surface area contributed by atoms with Gasteiger partial charge in [0, 0.05) is 17.6 Å². The van der Waals surface area contributed by atoms with E-state index < -0.39 is 0 Å². The Morgan fingerprint density at radius 2 is 1.80 bits per heavy atom. The number of benzene rings is 2. The highest BCUT2D eigenvalue weighted by Crippen LogP contribution is 2.21. The monoisotopic (exact) mass is 360 g/mol. The molecule has 0 saturated carbocycles. The number of amides is 2. The summed E-state index contributed by atoms with van der Waals surface area (Å²) in [6.07, 6.45) is 0.810. The van der Waals surface area contributed by atoms with Crippen molar-refractivity contribution in [1.82, 2.24) is 4.90 Å². The smallest absolute Gasteiger partial charge is 0.243 e. The summed E-state index contributed by atoms with van der Waals surface area (Å²) < 4.78 is 13.6. The molecule has 0 aromatic heterocycles. The van der Waals surface area contributed by atoms with Crippen LogP contribution in [0.1, 0.15) is 12.5 Å². The van der Waals surface area contributed by atoms with Crippen LogP contribution in [0.2, 0.25) is 0 Å². The van der Waals surface area contributed by atoms with Crippen molar-refractivity contribution < 1.29 is 14.0 Å². The van der Waals surface area contributed by atoms with Gasteiger partial charge in [0.25, 0.3) is 0 Å². The van der Waals surface area contributed by atoms with E-state index in [-0.39, 0.29) is 29.9 Å². The molecule has 0 atom stereocenters. The van der Waals surface area contributed by atoms with Crippen LogP contribution >= 0.6 is 11.8 Å². The second-order valence-corrected chi connectivity index (χ2v) is 6.54. The van der Waals surface area contributed by atoms with E-state index in [4.69, 9.17) is 0 Å². The minimum Gasteiger partial charge on any atom is -0.336 e. The van der Waals surface area contributed by atoms with Crippen LogP contribution in [0.3, 0.4) is 0 Å². The number of hydrogen-bond acceptors (Lipinski definition) is 3. The van der Waals surface area contributed by atoms with Crippen molar-refractivity contribution >= 4 is 29.3 Å². The second kappa shape index (κ2) is 9.22. The van der Waals surface area contributed by atoms with E-state index in [1.165, 1.54) is 11.0 Å². The number of aryl methyl sites for hydroxylation is 1. The van der Waals surface area contributed by atoms with Crippen molar-refractivity contribution in [2.24, 2.45) is 0 Å². The molecule has 1 N–H and O–H groups in total. The van der Waals surface area contributed by atoms with Crippen molar-refractivity contribution in [2.45, 2.75) is 18.2 Å². The Bertz CT molecular complexity index is 752. The maximum Gasteiger partial charge on any atom is 0.243 e. The number of likely N-dealkylation sites (N-methyl/N-ethyl adjacent to an activating group) is 1. The van der Waals surface area contributed by atoms with Crippen LogP contribution in [0.5, 0.6) is 0 Å². The molecule has 2 aromatic rings. The number of halogens is 1. The first-order valence-corrected chi connectivity index (χ1v) is 8.99. The van der Waals surface area contributed by atoms with Gasteiger partial charge >= 0.3 is 0 Å². The zero-order valence-electron chi connectivity index (χ0n) is 14.3. The summed E-state index contributed by atoms with van der Waals surface area (Å²) in [7, 11) is 1.57. The largest absolute Gasteiger partial charge is 0.336 e. The Morgan fingerprint density at radius 1 is 1.12 bits per heavy atom. The van der Waals surface area contributed by atoms with Gasteiger partial charge in [-0.2, -0.15) is 0 Å². The number of nitrogens with zero attached hydrogens (tertiary/aromatic N) is 1. The number of para-hydroxylation sites is 1. The van der Waals surface area contributed by atoms with Gasteiger partial charge in [-0.15, -0.1) is 11.8 Å². The topological polar surface area (TPSA) is 49.4 Å². The molecule has 2 amide bonds. The molecule has 6 heteroatoms. The van der Waals surface area contributed by atoms with Crippen LogP contribution in [-0.4, -0.2) is 36.1 Å². The van der Waals surface area contributed by atoms with Crippen LogP contribution in [0, 0.1) is 5.82 Å². The lowest BCUT2D eigenvalue weighted by atomic mass is 10.1. The predicted molar refractivity (Wildman–Crippen MR) is 99.2 cm³/mol. The van der Waals surface area contributed by atoms with Gasteiger partial charge in [0.1, 0.15) is 5.82 Å². The van der Waals surface area contributed by atoms with Crippen molar-refractivity contribution in [3.05, 3.63) is 59.9 Å². The number of hydrogen-bond donors (Lipinski definition) is 1. The third-order valence-electron chi connectivity index (χ3n) is 3.67. The number of rotatable bonds is 7. The third-order valence-corrected chi connectivity index (χ3v) is 4.70. The standard InChI is InChI=1S/C19H21FN2O2S/c1-3-14-8-4-6-10-16(14)21-18(23)12-22(2)19(24)13-25-17-11-7-5-9-15(17)20/h4-11H,3,12-13H2,1-2H3,(H,21,23). The van der Waals surface area contributed by atoms with E-state index in [2.05, 4.69) is 5.32 Å². The second-order valence-electron chi connectivity index (χ2n) is 5.53. The minimum atomic E-state index is -0.350. The van der Waals surface area contributed by atoms with E-state index in [1.807, 2.05) is 31.2 Å². The molecule has 0 heterocycles. The predicted octanol–water partition coefficient (Wildman–Crippen LogP) is 3.58. The molecule has 2 rings (SSSR count). The molecule has 0 spiro atoms. The van der Waals surface area contributed by atoms with Gasteiger partial charge in [-0.05, 0) is 30.2 Å². The summed E-state index contributed by atoms with van der Waals surface area (Å²) in [5, 5.41) is 2.83. The first-order valence-electron chi connectivity index (χ1n) is 8.00. The lowest BCUT2D eigenvalue weighted by Gasteiger charge is -2.17. The van der Waals surface area contributed by atoms with Crippen LogP contribution in [0.4, 0.5) is 10.1 Å². The Morgan fingerprint density at radius 3 is 2.52 bits per heavy atom. The third kappa shape index (κ3) is 5.60. The highest BCUT2D eigenvalue weighted by molar-refractivity contribution is 8.00. The van der Waals surface area contributed by atoms with Gasteiger partial charge in [-0.3, -0.25) is 9.59 Å². The molecule has 0 aliphatic heterocycles. The summed E-state index contributed by atoms with van der Waals surface area (Å²) in [6.45, 7) is 1.97. The Balaban J connectivity index is 1.86. The van der Waals surface area contributed by atoms with Crippen molar-refractivity contribution in [3.8, 4) is 0 Å². The average molecular weight is 360 g/mol. The van der Waals surface area contributed by atoms with Gasteiger partial charge in [-0.25, -0.2) is 4.39 Å². The number of carbonyl (C=O) groups is 2. The average Bonchev–Trinajstić information content (AvgIpc) is 2.61. The van der Waals surface area contributed by atoms with Crippen LogP contribution in [0.25, 0.3) is 0 Å². The molecule has 132 valence electrons. The lowest BCUT2D eigenvalue weighted by Crippen LogP contribution is -2.36. The summed E-state index contributed by atoms with van der Waals surface area (Å²) >= 11 is 1.12. The van der Waals surface area contributed by atoms with E-state index in [9.17, 15) is 14.0 Å². The summed E-state index contributed by atoms with van der Waals surface area (Å²) in [5.41, 5.74) is 1.80.